The second-order valence-corrected chi connectivity index (χ2v) is 5.89. The van der Waals surface area contributed by atoms with Gasteiger partial charge in [0, 0.05) is 10.1 Å². The lowest BCUT2D eigenvalue weighted by molar-refractivity contribution is 0.157. The molecule has 1 aliphatic heterocycles. The summed E-state index contributed by atoms with van der Waals surface area (Å²) in [5.74, 6) is 0. The molecule has 0 saturated carbocycles. The van der Waals surface area contributed by atoms with E-state index >= 15 is 0 Å². The van der Waals surface area contributed by atoms with Gasteiger partial charge in [-0.25, -0.2) is 0 Å². The van der Waals surface area contributed by atoms with Gasteiger partial charge in [0.2, 0.25) is 0 Å². The highest BCUT2D eigenvalue weighted by Gasteiger charge is 2.21. The van der Waals surface area contributed by atoms with Crippen molar-refractivity contribution in [3.05, 3.63) is 29.8 Å². The lowest BCUT2D eigenvalue weighted by Crippen LogP contribution is -2.07. The zero-order chi connectivity index (χ0) is 11.4. The average molecular weight is 236 g/mol. The van der Waals surface area contributed by atoms with Gasteiger partial charge in [-0.15, -0.1) is 11.8 Å². The summed E-state index contributed by atoms with van der Waals surface area (Å²) in [6.45, 7) is 2.05. The van der Waals surface area contributed by atoms with Gasteiger partial charge >= 0.3 is 0 Å². The first-order valence-electron chi connectivity index (χ1n) is 6.22. The van der Waals surface area contributed by atoms with Crippen LogP contribution in [0.15, 0.2) is 29.2 Å². The third-order valence-corrected chi connectivity index (χ3v) is 4.64. The summed E-state index contributed by atoms with van der Waals surface area (Å²) in [5, 5.41) is 10.2. The summed E-state index contributed by atoms with van der Waals surface area (Å²) in [4.78, 5) is 1.46. The van der Waals surface area contributed by atoms with E-state index in [2.05, 4.69) is 24.3 Å². The van der Waals surface area contributed by atoms with Crippen molar-refractivity contribution in [1.29, 1.82) is 0 Å². The van der Waals surface area contributed by atoms with Gasteiger partial charge in [-0.1, -0.05) is 25.1 Å². The molecule has 0 aromatic heterocycles. The van der Waals surface area contributed by atoms with Gasteiger partial charge < -0.3 is 5.11 Å². The molecule has 1 nitrogen and oxygen atoms in total. The highest BCUT2D eigenvalue weighted by atomic mass is 32.2. The standard InChI is InChI=1S/C14H20OS/c1-2-12(15)7-5-8-13-10-11-6-3-4-9-14(11)16-13/h3-4,6,9,12-13,15H,2,5,7-8,10H2,1H3. The third-order valence-electron chi connectivity index (χ3n) is 3.25. The van der Waals surface area contributed by atoms with E-state index in [1.807, 2.05) is 18.7 Å². The number of aliphatic hydroxyl groups is 1. The van der Waals surface area contributed by atoms with Crippen LogP contribution in [0.4, 0.5) is 0 Å². The molecule has 0 aliphatic carbocycles. The second-order valence-electron chi connectivity index (χ2n) is 4.54. The zero-order valence-corrected chi connectivity index (χ0v) is 10.7. The van der Waals surface area contributed by atoms with Gasteiger partial charge in [0.15, 0.2) is 0 Å². The Hall–Kier alpha value is -0.470. The Morgan fingerprint density at radius 3 is 3.00 bits per heavy atom. The van der Waals surface area contributed by atoms with Gasteiger partial charge in [0.25, 0.3) is 0 Å². The van der Waals surface area contributed by atoms with Crippen LogP contribution in [0.1, 0.15) is 38.2 Å². The first kappa shape index (κ1) is 12.0. The molecule has 0 bridgehead atoms. The van der Waals surface area contributed by atoms with Crippen molar-refractivity contribution in [3.63, 3.8) is 0 Å². The minimum atomic E-state index is -0.0891. The zero-order valence-electron chi connectivity index (χ0n) is 9.86. The van der Waals surface area contributed by atoms with Crippen LogP contribution in [-0.2, 0) is 6.42 Å². The molecule has 0 radical (unpaired) electrons. The van der Waals surface area contributed by atoms with E-state index in [1.165, 1.54) is 23.3 Å². The van der Waals surface area contributed by atoms with E-state index in [4.69, 9.17) is 0 Å². The lowest BCUT2D eigenvalue weighted by Gasteiger charge is -2.10. The number of fused-ring (bicyclic) bond motifs is 1. The number of thioether (sulfide) groups is 1. The average Bonchev–Trinajstić information content (AvgIpc) is 2.71. The van der Waals surface area contributed by atoms with Crippen molar-refractivity contribution in [2.75, 3.05) is 0 Å². The fourth-order valence-electron chi connectivity index (χ4n) is 2.20. The Balaban J connectivity index is 1.75. The van der Waals surface area contributed by atoms with E-state index in [1.54, 1.807) is 0 Å². The number of hydrogen-bond donors (Lipinski definition) is 1. The van der Waals surface area contributed by atoms with Crippen molar-refractivity contribution in [2.45, 2.75) is 55.3 Å². The SMILES string of the molecule is CCC(O)CCCC1Cc2ccccc2S1. The first-order chi connectivity index (χ1) is 7.79. The van der Waals surface area contributed by atoms with E-state index in [0.29, 0.717) is 0 Å². The summed E-state index contributed by atoms with van der Waals surface area (Å²) in [7, 11) is 0. The molecule has 0 fully saturated rings. The van der Waals surface area contributed by atoms with Gasteiger partial charge in [0.05, 0.1) is 6.10 Å². The molecule has 2 rings (SSSR count). The maximum absolute atomic E-state index is 9.50. The maximum Gasteiger partial charge on any atom is 0.0537 e. The molecular formula is C14H20OS. The topological polar surface area (TPSA) is 20.2 Å². The fraction of sp³-hybridized carbons (Fsp3) is 0.571. The van der Waals surface area contributed by atoms with Gasteiger partial charge in [0.1, 0.15) is 0 Å². The fourth-order valence-corrected chi connectivity index (χ4v) is 3.57. The molecule has 1 heterocycles. The Morgan fingerprint density at radius 1 is 1.44 bits per heavy atom. The van der Waals surface area contributed by atoms with Crippen LogP contribution >= 0.6 is 11.8 Å². The van der Waals surface area contributed by atoms with Gasteiger partial charge in [-0.3, -0.25) is 0 Å². The van der Waals surface area contributed by atoms with Crippen molar-refractivity contribution in [1.82, 2.24) is 0 Å². The van der Waals surface area contributed by atoms with Gasteiger partial charge in [-0.2, -0.15) is 0 Å². The molecule has 88 valence electrons. The Kier molecular flexibility index (Phi) is 4.30. The summed E-state index contributed by atoms with van der Waals surface area (Å²) in [6, 6.07) is 8.71. The molecule has 2 heteroatoms. The summed E-state index contributed by atoms with van der Waals surface area (Å²) in [6.07, 6.45) is 5.36. The van der Waals surface area contributed by atoms with Crippen molar-refractivity contribution in [2.24, 2.45) is 0 Å². The van der Waals surface area contributed by atoms with Crippen LogP contribution in [0.2, 0.25) is 0 Å². The van der Waals surface area contributed by atoms with Crippen LogP contribution in [0.25, 0.3) is 0 Å². The number of aliphatic hydroxyl groups excluding tert-OH is 1. The number of rotatable bonds is 5. The molecule has 0 spiro atoms. The molecule has 1 aromatic carbocycles. The second kappa shape index (κ2) is 5.74. The Bertz CT molecular complexity index is 312. The number of hydrogen-bond acceptors (Lipinski definition) is 2. The van der Waals surface area contributed by atoms with E-state index in [9.17, 15) is 5.11 Å². The quantitative estimate of drug-likeness (QED) is 0.842. The molecule has 2 atom stereocenters. The normalized spacial score (nSPS) is 20.8. The third kappa shape index (κ3) is 3.02. The summed E-state index contributed by atoms with van der Waals surface area (Å²) in [5.41, 5.74) is 1.51. The predicted octanol–water partition coefficient (Wildman–Crippen LogP) is 3.64. The van der Waals surface area contributed by atoms with Crippen LogP contribution in [0.5, 0.6) is 0 Å². The molecular weight excluding hydrogens is 216 g/mol. The van der Waals surface area contributed by atoms with E-state index in [0.717, 1.165) is 24.5 Å². The van der Waals surface area contributed by atoms with Crippen molar-refractivity contribution >= 4 is 11.8 Å². The lowest BCUT2D eigenvalue weighted by atomic mass is 10.0. The highest BCUT2D eigenvalue weighted by molar-refractivity contribution is 8.00. The summed E-state index contributed by atoms with van der Waals surface area (Å²) < 4.78 is 0. The molecule has 0 saturated heterocycles. The molecule has 16 heavy (non-hydrogen) atoms. The smallest absolute Gasteiger partial charge is 0.0537 e. The van der Waals surface area contributed by atoms with E-state index < -0.39 is 0 Å². The molecule has 1 aromatic rings. The van der Waals surface area contributed by atoms with Crippen molar-refractivity contribution < 1.29 is 5.11 Å². The number of benzene rings is 1. The Labute approximate surface area is 102 Å². The molecule has 1 aliphatic rings. The predicted molar refractivity (Wildman–Crippen MR) is 69.9 cm³/mol. The van der Waals surface area contributed by atoms with E-state index in [-0.39, 0.29) is 6.10 Å². The molecule has 0 amide bonds. The van der Waals surface area contributed by atoms with Crippen LogP contribution in [-0.4, -0.2) is 16.5 Å². The highest BCUT2D eigenvalue weighted by Crippen LogP contribution is 2.38. The maximum atomic E-state index is 9.50. The monoisotopic (exact) mass is 236 g/mol. The summed E-state index contributed by atoms with van der Waals surface area (Å²) >= 11 is 2.01. The van der Waals surface area contributed by atoms with Crippen molar-refractivity contribution in [3.8, 4) is 0 Å². The largest absolute Gasteiger partial charge is 0.393 e. The Morgan fingerprint density at radius 2 is 2.25 bits per heavy atom. The van der Waals surface area contributed by atoms with Crippen LogP contribution < -0.4 is 0 Å². The first-order valence-corrected chi connectivity index (χ1v) is 7.10. The van der Waals surface area contributed by atoms with Gasteiger partial charge in [-0.05, 0) is 43.7 Å². The van der Waals surface area contributed by atoms with Crippen LogP contribution in [0, 0.1) is 0 Å². The molecule has 1 N–H and O–H groups in total. The van der Waals surface area contributed by atoms with Crippen LogP contribution in [0.3, 0.4) is 0 Å². The minimum absolute atomic E-state index is 0.0891. The molecule has 2 unspecified atom stereocenters. The minimum Gasteiger partial charge on any atom is -0.393 e.